The van der Waals surface area contributed by atoms with Crippen LogP contribution in [0.5, 0.6) is 0 Å². The monoisotopic (exact) mass is 347 g/mol. The fourth-order valence-corrected chi connectivity index (χ4v) is 3.73. The zero-order valence-corrected chi connectivity index (χ0v) is 14.5. The van der Waals surface area contributed by atoms with Crippen LogP contribution in [0.2, 0.25) is 0 Å². The molecule has 1 aliphatic heterocycles. The van der Waals surface area contributed by atoms with Crippen LogP contribution in [0.3, 0.4) is 0 Å². The van der Waals surface area contributed by atoms with Gasteiger partial charge in [-0.25, -0.2) is 9.18 Å². The highest BCUT2D eigenvalue weighted by Crippen LogP contribution is 2.28. The Balaban J connectivity index is 1.50. The Morgan fingerprint density at radius 2 is 1.76 bits per heavy atom. The number of hydrogen-bond donors (Lipinski definition) is 1. The topological polar surface area (TPSA) is 52.7 Å². The normalized spacial score (nSPS) is 18.9. The molecule has 0 unspecified atom stereocenters. The van der Waals surface area contributed by atoms with E-state index >= 15 is 0 Å². The van der Waals surface area contributed by atoms with Crippen molar-refractivity contribution in [3.05, 3.63) is 30.1 Å². The molecule has 0 bridgehead atoms. The van der Waals surface area contributed by atoms with Crippen molar-refractivity contribution in [3.8, 4) is 0 Å². The second-order valence-corrected chi connectivity index (χ2v) is 7.02. The Labute approximate surface area is 148 Å². The number of nitrogens with one attached hydrogen (secondary N) is 1. The first-order valence-electron chi connectivity index (χ1n) is 9.21. The van der Waals surface area contributed by atoms with E-state index in [9.17, 15) is 14.0 Å². The quantitative estimate of drug-likeness (QED) is 0.910. The highest BCUT2D eigenvalue weighted by Gasteiger charge is 2.25. The maximum atomic E-state index is 13.2. The fraction of sp³-hybridized carbons (Fsp3) is 0.579. The van der Waals surface area contributed by atoms with E-state index in [2.05, 4.69) is 5.32 Å². The SMILES string of the molecule is O=C(CC1CCCC1)N1CCCN(C(=O)Nc2cccc(F)c2)CC1. The molecule has 0 spiro atoms. The molecule has 1 heterocycles. The molecule has 6 heteroatoms. The number of urea groups is 1. The predicted octanol–water partition coefficient (Wildman–Crippen LogP) is 3.47. The van der Waals surface area contributed by atoms with Crippen LogP contribution in [0.25, 0.3) is 0 Å². The van der Waals surface area contributed by atoms with Crippen molar-refractivity contribution in [1.82, 2.24) is 9.80 Å². The van der Waals surface area contributed by atoms with Gasteiger partial charge in [0.25, 0.3) is 0 Å². The van der Waals surface area contributed by atoms with Crippen LogP contribution in [-0.4, -0.2) is 47.9 Å². The van der Waals surface area contributed by atoms with E-state index in [1.807, 2.05) is 4.90 Å². The highest BCUT2D eigenvalue weighted by molar-refractivity contribution is 5.89. The van der Waals surface area contributed by atoms with Gasteiger partial charge in [0.05, 0.1) is 0 Å². The highest BCUT2D eigenvalue weighted by atomic mass is 19.1. The fourth-order valence-electron chi connectivity index (χ4n) is 3.73. The molecule has 0 aromatic heterocycles. The molecular formula is C19H26FN3O2. The van der Waals surface area contributed by atoms with E-state index in [1.165, 1.54) is 37.8 Å². The van der Waals surface area contributed by atoms with Gasteiger partial charge < -0.3 is 15.1 Å². The summed E-state index contributed by atoms with van der Waals surface area (Å²) in [6, 6.07) is 5.63. The van der Waals surface area contributed by atoms with Crippen LogP contribution in [0, 0.1) is 11.7 Å². The third-order valence-corrected chi connectivity index (χ3v) is 5.15. The molecular weight excluding hydrogens is 321 g/mol. The molecule has 25 heavy (non-hydrogen) atoms. The third kappa shape index (κ3) is 4.94. The molecule has 0 radical (unpaired) electrons. The van der Waals surface area contributed by atoms with Crippen LogP contribution in [0.4, 0.5) is 14.9 Å². The summed E-state index contributed by atoms with van der Waals surface area (Å²) in [5.41, 5.74) is 0.448. The molecule has 1 aromatic rings. The summed E-state index contributed by atoms with van der Waals surface area (Å²) in [5.74, 6) is 0.389. The molecule has 136 valence electrons. The second-order valence-electron chi connectivity index (χ2n) is 7.02. The molecule has 3 amide bonds. The lowest BCUT2D eigenvalue weighted by molar-refractivity contribution is -0.132. The number of hydrogen-bond acceptors (Lipinski definition) is 2. The number of nitrogens with zero attached hydrogens (tertiary/aromatic N) is 2. The smallest absolute Gasteiger partial charge is 0.321 e. The van der Waals surface area contributed by atoms with Crippen LogP contribution < -0.4 is 5.32 Å². The van der Waals surface area contributed by atoms with Gasteiger partial charge in [0.1, 0.15) is 5.82 Å². The first-order chi connectivity index (χ1) is 12.1. The Morgan fingerprint density at radius 1 is 1.04 bits per heavy atom. The molecule has 3 rings (SSSR count). The second kappa shape index (κ2) is 8.32. The third-order valence-electron chi connectivity index (χ3n) is 5.15. The molecule has 1 aliphatic carbocycles. The van der Waals surface area contributed by atoms with Gasteiger partial charge >= 0.3 is 6.03 Å². The van der Waals surface area contributed by atoms with Crippen LogP contribution in [0.15, 0.2) is 24.3 Å². The summed E-state index contributed by atoms with van der Waals surface area (Å²) >= 11 is 0. The number of anilines is 1. The zero-order valence-electron chi connectivity index (χ0n) is 14.5. The summed E-state index contributed by atoms with van der Waals surface area (Å²) < 4.78 is 13.2. The summed E-state index contributed by atoms with van der Waals surface area (Å²) in [4.78, 5) is 28.5. The average Bonchev–Trinajstić information content (AvgIpc) is 2.95. The van der Waals surface area contributed by atoms with Crippen molar-refractivity contribution in [2.75, 3.05) is 31.5 Å². The first-order valence-corrected chi connectivity index (χ1v) is 9.21. The van der Waals surface area contributed by atoms with Crippen LogP contribution >= 0.6 is 0 Å². The maximum Gasteiger partial charge on any atom is 0.321 e. The van der Waals surface area contributed by atoms with Crippen molar-refractivity contribution < 1.29 is 14.0 Å². The van der Waals surface area contributed by atoms with Gasteiger partial charge in [0, 0.05) is 38.3 Å². The number of rotatable bonds is 3. The minimum Gasteiger partial charge on any atom is -0.341 e. The summed E-state index contributed by atoms with van der Waals surface area (Å²) in [6.07, 6.45) is 6.24. The van der Waals surface area contributed by atoms with Crippen molar-refractivity contribution in [3.63, 3.8) is 0 Å². The lowest BCUT2D eigenvalue weighted by atomic mass is 10.0. The number of benzene rings is 1. The Morgan fingerprint density at radius 3 is 2.52 bits per heavy atom. The molecule has 5 nitrogen and oxygen atoms in total. The molecule has 0 atom stereocenters. The zero-order chi connectivity index (χ0) is 17.6. The molecule has 1 N–H and O–H groups in total. The van der Waals surface area contributed by atoms with E-state index in [1.54, 1.807) is 17.0 Å². The summed E-state index contributed by atoms with van der Waals surface area (Å²) in [6.45, 7) is 2.39. The number of halogens is 1. The molecule has 1 aromatic carbocycles. The maximum absolute atomic E-state index is 13.2. The Hall–Kier alpha value is -2.11. The Kier molecular flexibility index (Phi) is 5.89. The average molecular weight is 347 g/mol. The number of amides is 3. The number of carbonyl (C=O) groups is 2. The van der Waals surface area contributed by atoms with Gasteiger partial charge in [-0.1, -0.05) is 18.9 Å². The molecule has 2 fully saturated rings. The molecule has 1 saturated heterocycles. The van der Waals surface area contributed by atoms with Gasteiger partial charge in [-0.05, 0) is 43.4 Å². The first kappa shape index (κ1) is 17.7. The van der Waals surface area contributed by atoms with E-state index in [0.29, 0.717) is 44.2 Å². The van der Waals surface area contributed by atoms with Crippen LogP contribution in [-0.2, 0) is 4.79 Å². The van der Waals surface area contributed by atoms with Gasteiger partial charge in [0.2, 0.25) is 5.91 Å². The van der Waals surface area contributed by atoms with Gasteiger partial charge in [-0.2, -0.15) is 0 Å². The largest absolute Gasteiger partial charge is 0.341 e. The van der Waals surface area contributed by atoms with Crippen LogP contribution in [0.1, 0.15) is 38.5 Å². The van der Waals surface area contributed by atoms with Gasteiger partial charge in [0.15, 0.2) is 0 Å². The lowest BCUT2D eigenvalue weighted by Crippen LogP contribution is -2.39. The van der Waals surface area contributed by atoms with Crippen molar-refractivity contribution >= 4 is 17.6 Å². The predicted molar refractivity (Wildman–Crippen MR) is 94.8 cm³/mol. The van der Waals surface area contributed by atoms with Gasteiger partial charge in [-0.15, -0.1) is 0 Å². The summed E-state index contributed by atoms with van der Waals surface area (Å²) in [5, 5.41) is 2.73. The standard InChI is InChI=1S/C19H26FN3O2/c20-16-7-3-8-17(14-16)21-19(25)23-10-4-9-22(11-12-23)18(24)13-15-5-1-2-6-15/h3,7-8,14-15H,1-2,4-6,9-13H2,(H,21,25). The van der Waals surface area contributed by atoms with E-state index in [0.717, 1.165) is 6.42 Å². The van der Waals surface area contributed by atoms with E-state index in [-0.39, 0.29) is 17.8 Å². The van der Waals surface area contributed by atoms with E-state index < -0.39 is 0 Å². The van der Waals surface area contributed by atoms with Crippen molar-refractivity contribution in [2.24, 2.45) is 5.92 Å². The molecule has 2 aliphatic rings. The Bertz CT molecular complexity index is 616. The lowest BCUT2D eigenvalue weighted by Gasteiger charge is -2.23. The van der Waals surface area contributed by atoms with Gasteiger partial charge in [-0.3, -0.25) is 4.79 Å². The minimum absolute atomic E-state index is 0.222. The number of carbonyl (C=O) groups excluding carboxylic acids is 2. The van der Waals surface area contributed by atoms with Crippen molar-refractivity contribution in [1.29, 1.82) is 0 Å². The molecule has 1 saturated carbocycles. The van der Waals surface area contributed by atoms with Crippen molar-refractivity contribution in [2.45, 2.75) is 38.5 Å². The summed E-state index contributed by atoms with van der Waals surface area (Å²) in [7, 11) is 0. The van der Waals surface area contributed by atoms with E-state index in [4.69, 9.17) is 0 Å². The minimum atomic E-state index is -0.377.